The first-order valence-corrected chi connectivity index (χ1v) is 43.6. The quantitative estimate of drug-likeness (QED) is 0.0199. The molecule has 0 aliphatic carbocycles. The van der Waals surface area contributed by atoms with Crippen LogP contribution in [0, 0.1) is 0 Å². The Hall–Kier alpha value is -1.73. The van der Waals surface area contributed by atoms with Gasteiger partial charge in [-0.15, -0.1) is 0 Å². The average Bonchev–Trinajstić information content (AvgIpc) is 0.783. The van der Waals surface area contributed by atoms with Gasteiger partial charge in [-0.1, -0.05) is 353 Å². The third kappa shape index (κ3) is 44.9. The number of allylic oxidation sites excluding steroid dienone is 4. The van der Waals surface area contributed by atoms with Crippen LogP contribution in [0.5, 0.6) is 0 Å². The van der Waals surface area contributed by atoms with Gasteiger partial charge in [-0.3, -0.25) is 4.79 Å². The molecule has 12 N–H and O–H groups in total. The van der Waals surface area contributed by atoms with Gasteiger partial charge in [-0.25, -0.2) is 0 Å². The predicted molar refractivity (Wildman–Crippen MR) is 416 cm³/mol. The van der Waals surface area contributed by atoms with Gasteiger partial charge in [0.25, 0.3) is 0 Å². The Kier molecular flexibility index (Phi) is 61.2. The van der Waals surface area contributed by atoms with E-state index in [4.69, 9.17) is 28.4 Å². The Bertz CT molecular complexity index is 1970. The smallest absolute Gasteiger partial charge is 0.220 e. The van der Waals surface area contributed by atoms with Crippen LogP contribution in [0.2, 0.25) is 0 Å². The molecule has 0 aromatic rings. The van der Waals surface area contributed by atoms with E-state index < -0.39 is 124 Å². The second kappa shape index (κ2) is 65.9. The Morgan fingerprint density at radius 3 is 0.981 bits per heavy atom. The van der Waals surface area contributed by atoms with Crippen molar-refractivity contribution in [3.63, 3.8) is 0 Å². The molecular formula is C85H161NO18. The van der Waals surface area contributed by atoms with Gasteiger partial charge in [-0.2, -0.15) is 0 Å². The molecule has 3 aliphatic heterocycles. The van der Waals surface area contributed by atoms with Crippen LogP contribution in [0.4, 0.5) is 0 Å². The van der Waals surface area contributed by atoms with Gasteiger partial charge < -0.3 is 89.9 Å². The lowest BCUT2D eigenvalue weighted by Crippen LogP contribution is -2.66. The highest BCUT2D eigenvalue weighted by Gasteiger charge is 2.54. The number of unbranched alkanes of at least 4 members (excludes halogenated alkanes) is 51. The van der Waals surface area contributed by atoms with E-state index in [1.807, 2.05) is 0 Å². The summed E-state index contributed by atoms with van der Waals surface area (Å²) >= 11 is 0. The van der Waals surface area contributed by atoms with E-state index in [-0.39, 0.29) is 18.9 Å². The van der Waals surface area contributed by atoms with Crippen molar-refractivity contribution in [2.45, 2.75) is 484 Å². The van der Waals surface area contributed by atoms with Crippen LogP contribution in [0.15, 0.2) is 24.3 Å². The van der Waals surface area contributed by atoms with Crippen molar-refractivity contribution in [2.75, 3.05) is 26.4 Å². The number of ether oxygens (including phenoxy) is 6. The monoisotopic (exact) mass is 1480 g/mol. The lowest BCUT2D eigenvalue weighted by Gasteiger charge is -2.48. The third-order valence-electron chi connectivity index (χ3n) is 22.0. The van der Waals surface area contributed by atoms with Crippen molar-refractivity contribution in [3.05, 3.63) is 24.3 Å². The number of carbonyl (C=O) groups is 1. The summed E-state index contributed by atoms with van der Waals surface area (Å²) in [5.74, 6) is -0.233. The van der Waals surface area contributed by atoms with Crippen molar-refractivity contribution in [3.8, 4) is 0 Å². The third-order valence-corrected chi connectivity index (χ3v) is 22.0. The van der Waals surface area contributed by atoms with E-state index in [0.717, 1.165) is 51.4 Å². The largest absolute Gasteiger partial charge is 0.394 e. The molecule has 3 aliphatic rings. The standard InChI is InChI=1S/C85H161NO18/c1-3-5-7-9-11-13-15-17-19-21-23-25-27-28-29-30-31-32-33-34-35-36-37-38-39-40-41-43-45-47-49-51-53-55-57-59-61-63-73(91)86-68(69(90)62-60-58-56-54-52-50-48-46-44-42-26-24-22-20-18-16-14-12-10-8-6-4-2)67-99-83-79(97)76(94)81(71(65-88)101-83)104-85-80(98)77(95)82(72(66-89)102-85)103-84-78(96)75(93)74(92)70(64-87)100-84/h15,17,21,23,68-72,74-85,87-90,92-98H,3-14,16,18-20,22,24-67H2,1-2H3,(H,86,91)/b17-15-,23-21-. The molecule has 0 bridgehead atoms. The summed E-state index contributed by atoms with van der Waals surface area (Å²) in [4.78, 5) is 13.5. The van der Waals surface area contributed by atoms with Gasteiger partial charge in [0.15, 0.2) is 18.9 Å². The summed E-state index contributed by atoms with van der Waals surface area (Å²) < 4.78 is 34.6. The van der Waals surface area contributed by atoms with E-state index in [2.05, 4.69) is 43.5 Å². The lowest BCUT2D eigenvalue weighted by molar-refractivity contribution is -0.379. The minimum Gasteiger partial charge on any atom is -0.394 e. The zero-order valence-electron chi connectivity index (χ0n) is 66.0. The number of hydrogen-bond acceptors (Lipinski definition) is 18. The minimum absolute atomic E-state index is 0.233. The Balaban J connectivity index is 1.31. The van der Waals surface area contributed by atoms with Gasteiger partial charge in [0.1, 0.15) is 73.2 Å². The fourth-order valence-corrected chi connectivity index (χ4v) is 15.1. The first kappa shape index (κ1) is 96.5. The van der Waals surface area contributed by atoms with Gasteiger partial charge in [0.2, 0.25) is 5.91 Å². The molecule has 3 saturated heterocycles. The first-order valence-electron chi connectivity index (χ1n) is 43.6. The highest BCUT2D eigenvalue weighted by molar-refractivity contribution is 5.76. The maximum absolute atomic E-state index is 13.5. The normalized spacial score (nSPS) is 26.0. The number of amides is 1. The van der Waals surface area contributed by atoms with Crippen LogP contribution < -0.4 is 5.32 Å². The van der Waals surface area contributed by atoms with Crippen LogP contribution in [0.3, 0.4) is 0 Å². The molecule has 0 aromatic carbocycles. The van der Waals surface area contributed by atoms with Gasteiger partial charge in [-0.05, 0) is 44.9 Å². The number of aliphatic hydroxyl groups is 11. The van der Waals surface area contributed by atoms with E-state index in [0.29, 0.717) is 12.8 Å². The second-order valence-corrected chi connectivity index (χ2v) is 31.4. The molecule has 1 amide bonds. The summed E-state index contributed by atoms with van der Waals surface area (Å²) in [5.41, 5.74) is 0. The number of rotatable bonds is 71. The van der Waals surface area contributed by atoms with E-state index in [9.17, 15) is 61.0 Å². The van der Waals surface area contributed by atoms with Crippen LogP contribution in [-0.4, -0.2) is 193 Å². The maximum atomic E-state index is 13.5. The Labute approximate surface area is 632 Å². The van der Waals surface area contributed by atoms with Gasteiger partial charge in [0.05, 0.1) is 38.6 Å². The van der Waals surface area contributed by atoms with E-state index >= 15 is 0 Å². The lowest BCUT2D eigenvalue weighted by atomic mass is 9.96. The SMILES string of the molecule is CCCCCCC/C=C\C/C=C\CCCCCCCCCCCCCCCCCCCCCCCCCCCC(=O)NC(COC1OC(CO)C(OC2OC(CO)C(OC3OC(CO)C(O)C(O)C3O)C(O)C2O)C(O)C1O)C(O)CCCCCCCCCCCCCCCCCCCCCCCC. The molecule has 104 heavy (non-hydrogen) atoms. The molecule has 19 heteroatoms. The molecule has 3 heterocycles. The average molecular weight is 1490 g/mol. The van der Waals surface area contributed by atoms with Crippen LogP contribution >= 0.6 is 0 Å². The summed E-state index contributed by atoms with van der Waals surface area (Å²) in [6, 6.07) is -0.886. The molecule has 17 unspecified atom stereocenters. The predicted octanol–water partition coefficient (Wildman–Crippen LogP) is 15.7. The molecular weight excluding hydrogens is 1320 g/mol. The fraction of sp³-hybridized carbons (Fsp3) is 0.941. The first-order chi connectivity index (χ1) is 50.8. The van der Waals surface area contributed by atoms with Gasteiger partial charge >= 0.3 is 0 Å². The van der Waals surface area contributed by atoms with E-state index in [1.165, 1.54) is 295 Å². The molecule has 614 valence electrons. The van der Waals surface area contributed by atoms with Crippen LogP contribution in [-0.2, 0) is 33.2 Å². The Morgan fingerprint density at radius 1 is 0.346 bits per heavy atom. The number of nitrogens with one attached hydrogen (secondary N) is 1. The maximum Gasteiger partial charge on any atom is 0.220 e. The zero-order chi connectivity index (χ0) is 75.3. The molecule has 0 spiro atoms. The van der Waals surface area contributed by atoms with Crippen LogP contribution in [0.1, 0.15) is 380 Å². The van der Waals surface area contributed by atoms with Crippen molar-refractivity contribution < 1.29 is 89.4 Å². The van der Waals surface area contributed by atoms with Crippen molar-refractivity contribution in [1.29, 1.82) is 0 Å². The van der Waals surface area contributed by atoms with Crippen LogP contribution in [0.25, 0.3) is 0 Å². The zero-order valence-corrected chi connectivity index (χ0v) is 66.0. The second-order valence-electron chi connectivity index (χ2n) is 31.4. The molecule has 0 saturated carbocycles. The summed E-state index contributed by atoms with van der Waals surface area (Å²) in [6.07, 6.45) is 54.3. The topological polar surface area (TPSA) is 307 Å². The molecule has 19 nitrogen and oxygen atoms in total. The molecule has 3 rings (SSSR count). The summed E-state index contributed by atoms with van der Waals surface area (Å²) in [6.45, 7) is 1.86. The van der Waals surface area contributed by atoms with Crippen molar-refractivity contribution in [2.24, 2.45) is 0 Å². The number of hydrogen-bond donors (Lipinski definition) is 12. The molecule has 3 fully saturated rings. The molecule has 0 radical (unpaired) electrons. The summed E-state index contributed by atoms with van der Waals surface area (Å²) in [7, 11) is 0. The molecule has 0 aromatic heterocycles. The van der Waals surface area contributed by atoms with E-state index in [1.54, 1.807) is 0 Å². The Morgan fingerprint density at radius 2 is 0.635 bits per heavy atom. The van der Waals surface area contributed by atoms with Crippen molar-refractivity contribution in [1.82, 2.24) is 5.32 Å². The summed E-state index contributed by atoms with van der Waals surface area (Å²) in [5, 5.41) is 121. The van der Waals surface area contributed by atoms with Crippen molar-refractivity contribution >= 4 is 5.91 Å². The fourth-order valence-electron chi connectivity index (χ4n) is 15.1. The molecule has 17 atom stereocenters. The highest BCUT2D eigenvalue weighted by atomic mass is 16.8. The highest BCUT2D eigenvalue weighted by Crippen LogP contribution is 2.34. The number of aliphatic hydroxyl groups excluding tert-OH is 11. The van der Waals surface area contributed by atoms with Gasteiger partial charge in [0, 0.05) is 6.42 Å². The minimum atomic E-state index is -1.97. The number of carbonyl (C=O) groups excluding carboxylic acids is 1.